The zero-order valence-electron chi connectivity index (χ0n) is 15.1. The Kier molecular flexibility index (Phi) is 4.70. The summed E-state index contributed by atoms with van der Waals surface area (Å²) in [6.07, 6.45) is 0. The van der Waals surface area contributed by atoms with E-state index >= 15 is 0 Å². The van der Waals surface area contributed by atoms with Crippen molar-refractivity contribution in [1.82, 2.24) is 4.90 Å². The van der Waals surface area contributed by atoms with Gasteiger partial charge in [-0.2, -0.15) is 0 Å². The lowest BCUT2D eigenvalue weighted by Crippen LogP contribution is -2.29. The lowest BCUT2D eigenvalue weighted by atomic mass is 10.1. The predicted octanol–water partition coefficient (Wildman–Crippen LogP) is 3.54. The van der Waals surface area contributed by atoms with Crippen molar-refractivity contribution < 1.29 is 19.1 Å². The lowest BCUT2D eigenvalue weighted by Gasteiger charge is -2.24. The lowest BCUT2D eigenvalue weighted by molar-refractivity contribution is -0.130. The number of nitrogens with one attached hydrogen (secondary N) is 1. The fourth-order valence-electron chi connectivity index (χ4n) is 3.26. The number of anilines is 1. The normalized spacial score (nSPS) is 20.8. The molecule has 0 saturated carbocycles. The van der Waals surface area contributed by atoms with Crippen LogP contribution >= 0.6 is 11.8 Å². The second-order valence-electron chi connectivity index (χ2n) is 6.59. The first-order chi connectivity index (χ1) is 13.0. The highest BCUT2D eigenvalue weighted by molar-refractivity contribution is 8.01. The van der Waals surface area contributed by atoms with Crippen molar-refractivity contribution in [2.45, 2.75) is 31.0 Å². The van der Waals surface area contributed by atoms with E-state index in [1.54, 1.807) is 11.8 Å². The summed E-state index contributed by atoms with van der Waals surface area (Å²) in [6.45, 7) is 4.15. The van der Waals surface area contributed by atoms with Crippen molar-refractivity contribution in [1.29, 1.82) is 0 Å². The monoisotopic (exact) mass is 384 g/mol. The molecular weight excluding hydrogens is 364 g/mol. The number of carbonyl (C=O) groups excluding carboxylic acids is 2. The highest BCUT2D eigenvalue weighted by Gasteiger charge is 2.38. The third-order valence-electron chi connectivity index (χ3n) is 4.55. The van der Waals surface area contributed by atoms with Crippen molar-refractivity contribution in [3.63, 3.8) is 0 Å². The number of fused-ring (bicyclic) bond motifs is 1. The molecule has 0 radical (unpaired) electrons. The molecule has 0 aliphatic carbocycles. The molecule has 0 aromatic heterocycles. The van der Waals surface area contributed by atoms with Crippen LogP contribution < -0.4 is 14.8 Å². The van der Waals surface area contributed by atoms with Crippen LogP contribution in [0.4, 0.5) is 5.69 Å². The van der Waals surface area contributed by atoms with Crippen LogP contribution in [0, 0.1) is 0 Å². The van der Waals surface area contributed by atoms with Crippen LogP contribution in [0.1, 0.15) is 30.3 Å². The number of nitrogens with zero attached hydrogens (tertiary/aromatic N) is 1. The van der Waals surface area contributed by atoms with E-state index in [2.05, 4.69) is 5.32 Å². The Labute approximate surface area is 161 Å². The predicted molar refractivity (Wildman–Crippen MR) is 104 cm³/mol. The van der Waals surface area contributed by atoms with Crippen molar-refractivity contribution in [2.24, 2.45) is 0 Å². The maximum absolute atomic E-state index is 12.7. The average molecular weight is 384 g/mol. The second kappa shape index (κ2) is 7.15. The molecule has 1 N–H and O–H groups in total. The van der Waals surface area contributed by atoms with Gasteiger partial charge in [0.25, 0.3) is 0 Å². The molecule has 1 saturated heterocycles. The first kappa shape index (κ1) is 17.7. The topological polar surface area (TPSA) is 67.9 Å². The van der Waals surface area contributed by atoms with Gasteiger partial charge >= 0.3 is 0 Å². The second-order valence-corrected chi connectivity index (χ2v) is 8.01. The molecule has 2 aliphatic rings. The number of rotatable bonds is 4. The molecule has 1 fully saturated rings. The third kappa shape index (κ3) is 3.60. The van der Waals surface area contributed by atoms with Crippen molar-refractivity contribution in [2.75, 3.05) is 12.1 Å². The maximum Gasteiger partial charge on any atom is 0.236 e. The fourth-order valence-corrected chi connectivity index (χ4v) is 4.54. The van der Waals surface area contributed by atoms with Crippen LogP contribution in [0.5, 0.6) is 11.5 Å². The van der Waals surface area contributed by atoms with E-state index in [9.17, 15) is 9.59 Å². The minimum atomic E-state index is -0.105. The van der Waals surface area contributed by atoms with Gasteiger partial charge in [-0.15, -0.1) is 11.8 Å². The number of hydrogen-bond donors (Lipinski definition) is 1. The number of carbonyl (C=O) groups is 2. The Morgan fingerprint density at radius 3 is 2.67 bits per heavy atom. The number of thioether (sulfide) groups is 1. The Bertz CT molecular complexity index is 884. The first-order valence-corrected chi connectivity index (χ1v) is 9.67. The van der Waals surface area contributed by atoms with Crippen LogP contribution in [-0.4, -0.2) is 28.8 Å². The van der Waals surface area contributed by atoms with E-state index in [0.29, 0.717) is 6.54 Å². The molecule has 2 aliphatic heterocycles. The molecular formula is C20H20N2O4S. The molecule has 6 nitrogen and oxygen atoms in total. The standard InChI is InChI=1S/C20H20N2O4S/c1-12-19(24)22(10-14-3-8-17-18(9-14)26-11-25-17)20(27-12)15-4-6-16(7-5-15)21-13(2)23/h3-9,12,20H,10-11H2,1-2H3,(H,21,23)/t12-,20+/m0/s1. The van der Waals surface area contributed by atoms with Gasteiger partial charge < -0.3 is 19.7 Å². The molecule has 140 valence electrons. The van der Waals surface area contributed by atoms with Crippen molar-refractivity contribution in [3.05, 3.63) is 53.6 Å². The van der Waals surface area contributed by atoms with Gasteiger partial charge in [0.05, 0.1) is 5.25 Å². The van der Waals surface area contributed by atoms with Gasteiger partial charge in [0.1, 0.15) is 5.37 Å². The summed E-state index contributed by atoms with van der Waals surface area (Å²) in [7, 11) is 0. The number of amides is 2. The summed E-state index contributed by atoms with van der Waals surface area (Å²) in [4.78, 5) is 25.8. The van der Waals surface area contributed by atoms with Crippen LogP contribution in [0.15, 0.2) is 42.5 Å². The maximum atomic E-state index is 12.7. The average Bonchev–Trinajstić information content (AvgIpc) is 3.21. The van der Waals surface area contributed by atoms with E-state index in [0.717, 1.165) is 28.3 Å². The fraction of sp³-hybridized carbons (Fsp3) is 0.300. The highest BCUT2D eigenvalue weighted by atomic mass is 32.2. The Morgan fingerprint density at radius 2 is 1.93 bits per heavy atom. The number of benzene rings is 2. The van der Waals surface area contributed by atoms with Crippen molar-refractivity contribution in [3.8, 4) is 11.5 Å². The molecule has 0 unspecified atom stereocenters. The largest absolute Gasteiger partial charge is 0.454 e. The molecule has 4 rings (SSSR count). The SMILES string of the molecule is CC(=O)Nc1ccc([C@H]2S[C@@H](C)C(=O)N2Cc2ccc3c(c2)OCO3)cc1. The Balaban J connectivity index is 1.56. The zero-order chi connectivity index (χ0) is 19.0. The van der Waals surface area contributed by atoms with Crippen LogP contribution in [0.25, 0.3) is 0 Å². The number of ether oxygens (including phenoxy) is 2. The van der Waals surface area contributed by atoms with E-state index < -0.39 is 0 Å². The van der Waals surface area contributed by atoms with Gasteiger partial charge in [0, 0.05) is 19.2 Å². The van der Waals surface area contributed by atoms with Gasteiger partial charge in [-0.3, -0.25) is 9.59 Å². The van der Waals surface area contributed by atoms with Gasteiger partial charge in [-0.05, 0) is 42.3 Å². The summed E-state index contributed by atoms with van der Waals surface area (Å²) in [5.74, 6) is 1.47. The molecule has 2 aromatic rings. The van der Waals surface area contributed by atoms with E-state index in [4.69, 9.17) is 9.47 Å². The van der Waals surface area contributed by atoms with Gasteiger partial charge in [0.2, 0.25) is 18.6 Å². The van der Waals surface area contributed by atoms with Crippen LogP contribution in [-0.2, 0) is 16.1 Å². The minimum absolute atomic E-state index is 0.0655. The van der Waals surface area contributed by atoms with Gasteiger partial charge in [-0.25, -0.2) is 0 Å². The van der Waals surface area contributed by atoms with Crippen molar-refractivity contribution >= 4 is 29.3 Å². The minimum Gasteiger partial charge on any atom is -0.454 e. The summed E-state index contributed by atoms with van der Waals surface area (Å²) in [5.41, 5.74) is 2.78. The first-order valence-electron chi connectivity index (χ1n) is 8.73. The Hall–Kier alpha value is -2.67. The molecule has 27 heavy (non-hydrogen) atoms. The van der Waals surface area contributed by atoms with Crippen LogP contribution in [0.2, 0.25) is 0 Å². The van der Waals surface area contributed by atoms with E-state index in [1.165, 1.54) is 6.92 Å². The third-order valence-corrected chi connectivity index (χ3v) is 5.95. The molecule has 2 atom stereocenters. The summed E-state index contributed by atoms with van der Waals surface area (Å²) in [5, 5.41) is 2.60. The molecule has 0 bridgehead atoms. The smallest absolute Gasteiger partial charge is 0.236 e. The van der Waals surface area contributed by atoms with Gasteiger partial charge in [0.15, 0.2) is 11.5 Å². The summed E-state index contributed by atoms with van der Waals surface area (Å²) >= 11 is 1.63. The molecule has 2 aromatic carbocycles. The molecule has 0 spiro atoms. The van der Waals surface area contributed by atoms with E-state index in [1.807, 2.05) is 54.3 Å². The summed E-state index contributed by atoms with van der Waals surface area (Å²) in [6, 6.07) is 13.4. The summed E-state index contributed by atoms with van der Waals surface area (Å²) < 4.78 is 10.8. The molecule has 7 heteroatoms. The number of hydrogen-bond acceptors (Lipinski definition) is 5. The molecule has 2 amide bonds. The molecule has 2 heterocycles. The highest BCUT2D eigenvalue weighted by Crippen LogP contribution is 2.44. The van der Waals surface area contributed by atoms with Gasteiger partial charge in [-0.1, -0.05) is 18.2 Å². The van der Waals surface area contributed by atoms with E-state index in [-0.39, 0.29) is 29.2 Å². The zero-order valence-corrected chi connectivity index (χ0v) is 15.9. The van der Waals surface area contributed by atoms with Crippen LogP contribution in [0.3, 0.4) is 0 Å². The Morgan fingerprint density at radius 1 is 1.19 bits per heavy atom. The quantitative estimate of drug-likeness (QED) is 0.873.